The van der Waals surface area contributed by atoms with E-state index < -0.39 is 0 Å². The van der Waals surface area contributed by atoms with Gasteiger partial charge >= 0.3 is 0 Å². The summed E-state index contributed by atoms with van der Waals surface area (Å²) >= 11 is 0. The molecule has 0 aromatic rings. The van der Waals surface area contributed by atoms with Crippen LogP contribution in [0.3, 0.4) is 0 Å². The molecule has 1 fully saturated rings. The summed E-state index contributed by atoms with van der Waals surface area (Å²) in [6, 6.07) is 0.323. The molecule has 2 heteroatoms. The minimum Gasteiger partial charge on any atom is -0.366 e. The maximum atomic E-state index is 6.86. The average molecular weight is 762 g/mol. The first-order chi connectivity index (χ1) is 28.7. The summed E-state index contributed by atoms with van der Waals surface area (Å²) in [5, 5.41) is 0. The fraction of sp³-hybridized carbons (Fsp3) is 0.393. The summed E-state index contributed by atoms with van der Waals surface area (Å²) in [6.45, 7) is 0. The molecule has 1 aliphatic heterocycles. The molecule has 11 aliphatic rings. The SMILES string of the molecule is C1=CCC(C2=CCC(C3=CCC(N(C4=CCC(C5=CC6C(C=C5)OC5C(C7C=CC=CC7)=CCCC56)C=C4)C4=CC5=C(CC4)C4=C(C=CCC4)CC5)C=C3)C=C2)C=C1. The highest BCUT2D eigenvalue weighted by atomic mass is 16.5. The van der Waals surface area contributed by atoms with Crippen LogP contribution >= 0.6 is 0 Å². The first-order valence-electron chi connectivity index (χ1n) is 22.9. The molecule has 294 valence electrons. The van der Waals surface area contributed by atoms with Gasteiger partial charge < -0.3 is 9.64 Å². The third-order valence-corrected chi connectivity index (χ3v) is 15.2. The van der Waals surface area contributed by atoms with E-state index in [0.29, 0.717) is 41.5 Å². The van der Waals surface area contributed by atoms with Crippen molar-refractivity contribution >= 4 is 0 Å². The van der Waals surface area contributed by atoms with Gasteiger partial charge in [0.05, 0.1) is 18.2 Å². The highest BCUT2D eigenvalue weighted by Crippen LogP contribution is 2.49. The van der Waals surface area contributed by atoms with Crippen LogP contribution in [0.2, 0.25) is 0 Å². The van der Waals surface area contributed by atoms with Crippen LogP contribution in [0.15, 0.2) is 202 Å². The largest absolute Gasteiger partial charge is 0.366 e. The van der Waals surface area contributed by atoms with Crippen molar-refractivity contribution < 1.29 is 4.74 Å². The molecule has 0 spiro atoms. The molecule has 11 rings (SSSR count). The van der Waals surface area contributed by atoms with E-state index in [4.69, 9.17) is 4.74 Å². The molecule has 10 aliphatic carbocycles. The minimum atomic E-state index is 0.205. The van der Waals surface area contributed by atoms with Gasteiger partial charge in [-0.2, -0.15) is 0 Å². The van der Waals surface area contributed by atoms with Gasteiger partial charge in [-0.15, -0.1) is 0 Å². The van der Waals surface area contributed by atoms with Gasteiger partial charge in [-0.25, -0.2) is 0 Å². The molecule has 0 radical (unpaired) electrons. The zero-order valence-corrected chi connectivity index (χ0v) is 34.1. The van der Waals surface area contributed by atoms with Crippen LogP contribution in [0.5, 0.6) is 0 Å². The molecule has 0 aromatic carbocycles. The Morgan fingerprint density at radius 2 is 1.28 bits per heavy atom. The maximum absolute atomic E-state index is 6.86. The van der Waals surface area contributed by atoms with Gasteiger partial charge in [0.15, 0.2) is 0 Å². The van der Waals surface area contributed by atoms with Crippen LogP contribution in [-0.4, -0.2) is 23.1 Å². The number of fused-ring (bicyclic) bond motifs is 4. The number of nitrogens with zero attached hydrogens (tertiary/aromatic N) is 1. The van der Waals surface area contributed by atoms with Crippen molar-refractivity contribution in [2.75, 3.05) is 0 Å². The number of rotatable bonds is 7. The van der Waals surface area contributed by atoms with E-state index in [0.717, 1.165) is 38.5 Å². The number of ether oxygens (including phenoxy) is 1. The van der Waals surface area contributed by atoms with Crippen LogP contribution in [0, 0.1) is 35.5 Å². The Morgan fingerprint density at radius 1 is 0.534 bits per heavy atom. The Balaban J connectivity index is 0.826. The van der Waals surface area contributed by atoms with Crippen molar-refractivity contribution in [3.8, 4) is 0 Å². The van der Waals surface area contributed by atoms with Crippen LogP contribution in [0.25, 0.3) is 0 Å². The molecule has 58 heavy (non-hydrogen) atoms. The van der Waals surface area contributed by atoms with Crippen LogP contribution in [-0.2, 0) is 4.74 Å². The second kappa shape index (κ2) is 15.8. The predicted molar refractivity (Wildman–Crippen MR) is 240 cm³/mol. The number of hydrogen-bond donors (Lipinski definition) is 0. The second-order valence-electron chi connectivity index (χ2n) is 18.4. The number of hydrogen-bond acceptors (Lipinski definition) is 2. The zero-order valence-electron chi connectivity index (χ0n) is 34.1. The molecule has 1 heterocycles. The lowest BCUT2D eigenvalue weighted by Gasteiger charge is -2.40. The molecule has 9 unspecified atom stereocenters. The third-order valence-electron chi connectivity index (χ3n) is 15.2. The Morgan fingerprint density at radius 3 is 2.05 bits per heavy atom. The summed E-state index contributed by atoms with van der Waals surface area (Å²) in [4.78, 5) is 2.74. The smallest absolute Gasteiger partial charge is 0.0834 e. The Hall–Kier alpha value is -4.66. The van der Waals surface area contributed by atoms with Crippen molar-refractivity contribution in [1.82, 2.24) is 4.90 Å². The third kappa shape index (κ3) is 6.90. The molecule has 0 saturated carbocycles. The van der Waals surface area contributed by atoms with Crippen LogP contribution in [0.4, 0.5) is 0 Å². The standard InChI is InChI=1S/C56H59NO/c1-3-10-38(11-4-1)39-18-20-40(21-19-39)41-24-29-47(30-25-41)57(49-33-34-51-46(36-49)23-22-44-14-7-8-15-50(44)51)48-31-26-42(27-32-48)45-28-35-55-54(37-45)53-17-9-16-52(56(53)58-55)43-12-5-2-6-13-43/h1-7,10,12,14,16,18-20,24-26,28-29,31-32,35-38,40,42-43,47,53-56H,8-9,11,13,15,17,21-23,27,30,33-34H2. The maximum Gasteiger partial charge on any atom is 0.0834 e. The van der Waals surface area contributed by atoms with Gasteiger partial charge in [0.25, 0.3) is 0 Å². The molecular formula is C56H59NO. The van der Waals surface area contributed by atoms with E-state index >= 15 is 0 Å². The number of allylic oxidation sites excluding steroid dienone is 28. The average Bonchev–Trinajstić information content (AvgIpc) is 3.68. The molecule has 0 bridgehead atoms. The summed E-state index contributed by atoms with van der Waals surface area (Å²) in [5.74, 6) is 2.96. The van der Waals surface area contributed by atoms with Crippen molar-refractivity contribution in [3.63, 3.8) is 0 Å². The van der Waals surface area contributed by atoms with E-state index in [1.807, 2.05) is 0 Å². The minimum absolute atomic E-state index is 0.205. The van der Waals surface area contributed by atoms with Crippen molar-refractivity contribution in [2.45, 2.75) is 102 Å². The Bertz CT molecular complexity index is 2250. The van der Waals surface area contributed by atoms with Gasteiger partial charge in [0.2, 0.25) is 0 Å². The highest BCUT2D eigenvalue weighted by molar-refractivity contribution is 5.54. The Kier molecular flexibility index (Phi) is 9.94. The first kappa shape index (κ1) is 36.4. The molecule has 2 nitrogen and oxygen atoms in total. The first-order valence-corrected chi connectivity index (χ1v) is 22.9. The van der Waals surface area contributed by atoms with Crippen molar-refractivity contribution in [2.24, 2.45) is 35.5 Å². The van der Waals surface area contributed by atoms with Gasteiger partial charge in [-0.05, 0) is 146 Å². The molecule has 1 saturated heterocycles. The summed E-state index contributed by atoms with van der Waals surface area (Å²) in [5.41, 5.74) is 15.4. The normalized spacial score (nSPS) is 35.7. The molecule has 9 atom stereocenters. The molecule has 0 N–H and O–H groups in total. The fourth-order valence-corrected chi connectivity index (χ4v) is 12.1. The van der Waals surface area contributed by atoms with E-state index in [1.165, 1.54) is 78.6 Å². The predicted octanol–water partition coefficient (Wildman–Crippen LogP) is 13.4. The van der Waals surface area contributed by atoms with E-state index in [-0.39, 0.29) is 12.2 Å². The van der Waals surface area contributed by atoms with Gasteiger partial charge in [0.1, 0.15) is 0 Å². The highest BCUT2D eigenvalue weighted by Gasteiger charge is 2.47. The van der Waals surface area contributed by atoms with E-state index in [1.54, 1.807) is 22.3 Å². The summed E-state index contributed by atoms with van der Waals surface area (Å²) in [7, 11) is 0. The molecular weight excluding hydrogens is 703 g/mol. The lowest BCUT2D eigenvalue weighted by molar-refractivity contribution is 0.0693. The van der Waals surface area contributed by atoms with Crippen molar-refractivity contribution in [1.29, 1.82) is 0 Å². The van der Waals surface area contributed by atoms with E-state index in [9.17, 15) is 0 Å². The van der Waals surface area contributed by atoms with Crippen LogP contribution in [0.1, 0.15) is 83.5 Å². The van der Waals surface area contributed by atoms with Gasteiger partial charge in [-0.3, -0.25) is 0 Å². The fourth-order valence-electron chi connectivity index (χ4n) is 12.1. The second-order valence-corrected chi connectivity index (χ2v) is 18.4. The summed E-state index contributed by atoms with van der Waals surface area (Å²) < 4.78 is 6.86. The monoisotopic (exact) mass is 761 g/mol. The topological polar surface area (TPSA) is 12.5 Å². The van der Waals surface area contributed by atoms with Gasteiger partial charge in [0, 0.05) is 41.0 Å². The quantitative estimate of drug-likeness (QED) is 0.240. The Labute approximate surface area is 347 Å². The molecule has 0 amide bonds. The zero-order chi connectivity index (χ0) is 38.4. The molecule has 0 aromatic heterocycles. The summed E-state index contributed by atoms with van der Waals surface area (Å²) in [6.07, 6.45) is 73.4. The van der Waals surface area contributed by atoms with E-state index in [2.05, 4.69) is 151 Å². The van der Waals surface area contributed by atoms with Crippen molar-refractivity contribution in [3.05, 3.63) is 202 Å². The lowest BCUT2D eigenvalue weighted by atomic mass is 9.72. The lowest BCUT2D eigenvalue weighted by Crippen LogP contribution is -2.34. The van der Waals surface area contributed by atoms with Crippen LogP contribution < -0.4 is 0 Å². The van der Waals surface area contributed by atoms with Gasteiger partial charge in [-0.1, -0.05) is 134 Å².